The van der Waals surface area contributed by atoms with E-state index in [0.717, 1.165) is 6.54 Å². The molecule has 0 aromatic carbocycles. The summed E-state index contributed by atoms with van der Waals surface area (Å²) in [6.07, 6.45) is -0.157. The Bertz CT molecular complexity index is 624. The summed E-state index contributed by atoms with van der Waals surface area (Å²) in [7, 11) is 0. The van der Waals surface area contributed by atoms with Crippen molar-refractivity contribution in [3.8, 4) is 0 Å². The van der Waals surface area contributed by atoms with Crippen molar-refractivity contribution in [2.75, 3.05) is 13.1 Å². The van der Waals surface area contributed by atoms with Gasteiger partial charge >= 0.3 is 0 Å². The summed E-state index contributed by atoms with van der Waals surface area (Å²) in [5, 5.41) is 12.0. The number of hydrogen-bond acceptors (Lipinski definition) is 8. The maximum Gasteiger partial charge on any atom is 0.257 e. The summed E-state index contributed by atoms with van der Waals surface area (Å²) >= 11 is 0. The SMILES string of the molecule is Cc1noc([C@H]2CN(Cc3nnc(C(C)C)o3)C[C@@H](C)O2)n1. The van der Waals surface area contributed by atoms with E-state index in [2.05, 4.69) is 25.2 Å². The highest BCUT2D eigenvalue weighted by atomic mass is 16.5. The Hall–Kier alpha value is -1.80. The van der Waals surface area contributed by atoms with Gasteiger partial charge < -0.3 is 13.7 Å². The van der Waals surface area contributed by atoms with Crippen LogP contribution in [0.1, 0.15) is 56.3 Å². The topological polar surface area (TPSA) is 90.3 Å². The van der Waals surface area contributed by atoms with E-state index in [1.165, 1.54) is 0 Å². The second-order valence-electron chi connectivity index (χ2n) is 6.00. The molecule has 0 amide bonds. The van der Waals surface area contributed by atoms with Gasteiger partial charge in [-0.2, -0.15) is 4.98 Å². The lowest BCUT2D eigenvalue weighted by molar-refractivity contribution is -0.0945. The predicted molar refractivity (Wildman–Crippen MR) is 76.0 cm³/mol. The minimum Gasteiger partial charge on any atom is -0.424 e. The van der Waals surface area contributed by atoms with E-state index in [9.17, 15) is 0 Å². The molecular weight excluding hydrogens is 286 g/mol. The van der Waals surface area contributed by atoms with E-state index in [4.69, 9.17) is 13.7 Å². The zero-order valence-electron chi connectivity index (χ0n) is 13.3. The first kappa shape index (κ1) is 15.1. The van der Waals surface area contributed by atoms with Gasteiger partial charge in [0.05, 0.1) is 12.6 Å². The van der Waals surface area contributed by atoms with Gasteiger partial charge in [0.1, 0.15) is 6.10 Å². The third kappa shape index (κ3) is 3.33. The maximum atomic E-state index is 5.89. The Morgan fingerprint density at radius 3 is 2.73 bits per heavy atom. The predicted octanol–water partition coefficient (Wildman–Crippen LogP) is 1.85. The summed E-state index contributed by atoms with van der Waals surface area (Å²) in [4.78, 5) is 6.46. The lowest BCUT2D eigenvalue weighted by Gasteiger charge is -2.34. The smallest absolute Gasteiger partial charge is 0.257 e. The van der Waals surface area contributed by atoms with Gasteiger partial charge in [-0.1, -0.05) is 19.0 Å². The second kappa shape index (κ2) is 6.13. The van der Waals surface area contributed by atoms with Crippen molar-refractivity contribution in [3.63, 3.8) is 0 Å². The van der Waals surface area contributed by atoms with E-state index in [1.54, 1.807) is 6.92 Å². The molecule has 1 fully saturated rings. The zero-order valence-corrected chi connectivity index (χ0v) is 13.3. The van der Waals surface area contributed by atoms with E-state index in [0.29, 0.717) is 36.6 Å². The molecule has 1 aliphatic heterocycles. The molecule has 0 unspecified atom stereocenters. The van der Waals surface area contributed by atoms with E-state index >= 15 is 0 Å². The van der Waals surface area contributed by atoms with Crippen LogP contribution in [0.3, 0.4) is 0 Å². The number of hydrogen-bond donors (Lipinski definition) is 0. The molecule has 2 atom stereocenters. The average molecular weight is 307 g/mol. The van der Waals surface area contributed by atoms with Gasteiger partial charge in [-0.15, -0.1) is 10.2 Å². The molecule has 0 radical (unpaired) electrons. The molecule has 120 valence electrons. The quantitative estimate of drug-likeness (QED) is 0.845. The molecule has 0 aliphatic carbocycles. The Kier molecular flexibility index (Phi) is 4.21. The van der Waals surface area contributed by atoms with Crippen LogP contribution >= 0.6 is 0 Å². The van der Waals surface area contributed by atoms with Crippen molar-refractivity contribution in [2.24, 2.45) is 0 Å². The van der Waals surface area contributed by atoms with Gasteiger partial charge in [0.15, 0.2) is 5.82 Å². The van der Waals surface area contributed by atoms with Gasteiger partial charge in [-0.05, 0) is 13.8 Å². The summed E-state index contributed by atoms with van der Waals surface area (Å²) in [5.74, 6) is 2.65. The first-order valence-electron chi connectivity index (χ1n) is 7.51. The van der Waals surface area contributed by atoms with Crippen molar-refractivity contribution in [1.82, 2.24) is 25.2 Å². The summed E-state index contributed by atoms with van der Waals surface area (Å²) < 4.78 is 16.8. The van der Waals surface area contributed by atoms with E-state index in [1.807, 2.05) is 20.8 Å². The third-order valence-corrected chi connectivity index (χ3v) is 3.49. The van der Waals surface area contributed by atoms with Crippen LogP contribution in [0.4, 0.5) is 0 Å². The Labute approximate surface area is 128 Å². The number of morpholine rings is 1. The number of nitrogens with zero attached hydrogens (tertiary/aromatic N) is 5. The number of rotatable bonds is 4. The average Bonchev–Trinajstić information content (AvgIpc) is 3.07. The number of aryl methyl sites for hydroxylation is 1. The molecule has 0 spiro atoms. The minimum atomic E-state index is -0.225. The van der Waals surface area contributed by atoms with Crippen LogP contribution in [-0.4, -0.2) is 44.4 Å². The highest BCUT2D eigenvalue weighted by Gasteiger charge is 2.31. The molecule has 3 heterocycles. The normalized spacial score (nSPS) is 23.3. The monoisotopic (exact) mass is 307 g/mol. The van der Waals surface area contributed by atoms with Gasteiger partial charge in [0.25, 0.3) is 5.89 Å². The molecule has 3 rings (SSSR count). The molecule has 0 saturated carbocycles. The van der Waals surface area contributed by atoms with Crippen LogP contribution in [-0.2, 0) is 11.3 Å². The summed E-state index contributed by atoms with van der Waals surface area (Å²) in [5.41, 5.74) is 0. The fourth-order valence-electron chi connectivity index (χ4n) is 2.50. The van der Waals surface area contributed by atoms with Crippen molar-refractivity contribution in [3.05, 3.63) is 23.5 Å². The maximum absolute atomic E-state index is 5.89. The third-order valence-electron chi connectivity index (χ3n) is 3.49. The summed E-state index contributed by atoms with van der Waals surface area (Å²) in [6, 6.07) is 0. The lowest BCUT2D eigenvalue weighted by atomic mass is 10.2. The van der Waals surface area contributed by atoms with E-state index < -0.39 is 0 Å². The highest BCUT2D eigenvalue weighted by molar-refractivity contribution is 4.94. The van der Waals surface area contributed by atoms with Gasteiger partial charge in [-0.25, -0.2) is 0 Å². The van der Waals surface area contributed by atoms with E-state index in [-0.39, 0.29) is 18.1 Å². The van der Waals surface area contributed by atoms with Crippen LogP contribution in [0, 0.1) is 6.92 Å². The molecule has 0 bridgehead atoms. The van der Waals surface area contributed by atoms with Crippen molar-refractivity contribution in [1.29, 1.82) is 0 Å². The molecule has 2 aromatic heterocycles. The lowest BCUT2D eigenvalue weighted by Crippen LogP contribution is -2.42. The Morgan fingerprint density at radius 1 is 1.27 bits per heavy atom. The molecule has 22 heavy (non-hydrogen) atoms. The van der Waals surface area contributed by atoms with Crippen LogP contribution in [0.2, 0.25) is 0 Å². The van der Waals surface area contributed by atoms with Crippen LogP contribution < -0.4 is 0 Å². The van der Waals surface area contributed by atoms with Crippen molar-refractivity contribution in [2.45, 2.75) is 52.4 Å². The van der Waals surface area contributed by atoms with Gasteiger partial charge in [-0.3, -0.25) is 4.90 Å². The first-order chi connectivity index (χ1) is 10.5. The van der Waals surface area contributed by atoms with Crippen molar-refractivity contribution < 1.29 is 13.7 Å². The van der Waals surface area contributed by atoms with Crippen LogP contribution in [0.15, 0.2) is 8.94 Å². The number of aromatic nitrogens is 4. The molecule has 8 nitrogen and oxygen atoms in total. The summed E-state index contributed by atoms with van der Waals surface area (Å²) in [6.45, 7) is 9.92. The van der Waals surface area contributed by atoms with Crippen LogP contribution in [0.25, 0.3) is 0 Å². The highest BCUT2D eigenvalue weighted by Crippen LogP contribution is 2.25. The molecule has 1 saturated heterocycles. The molecule has 0 N–H and O–H groups in total. The fourth-order valence-corrected chi connectivity index (χ4v) is 2.50. The molecule has 1 aliphatic rings. The second-order valence-corrected chi connectivity index (χ2v) is 6.00. The number of ether oxygens (including phenoxy) is 1. The van der Waals surface area contributed by atoms with Gasteiger partial charge in [0.2, 0.25) is 11.8 Å². The van der Waals surface area contributed by atoms with Gasteiger partial charge in [0, 0.05) is 19.0 Å². The Morgan fingerprint density at radius 2 is 2.09 bits per heavy atom. The molecule has 8 heteroatoms. The molecule has 2 aromatic rings. The fraction of sp³-hybridized carbons (Fsp3) is 0.714. The zero-order chi connectivity index (χ0) is 15.7. The first-order valence-corrected chi connectivity index (χ1v) is 7.51. The standard InChI is InChI=1S/C14H21N5O3/c1-8(2)13-17-16-12(21-13)7-19-5-9(3)20-11(6-19)14-15-10(4)18-22-14/h8-9,11H,5-7H2,1-4H3/t9-,11-/m1/s1. The van der Waals surface area contributed by atoms with Crippen LogP contribution in [0.5, 0.6) is 0 Å². The Balaban J connectivity index is 1.67. The molecular formula is C14H21N5O3. The van der Waals surface area contributed by atoms with Crippen molar-refractivity contribution >= 4 is 0 Å². The minimum absolute atomic E-state index is 0.0680. The largest absolute Gasteiger partial charge is 0.424 e.